The average Bonchev–Trinajstić information content (AvgIpc) is 3.01. The van der Waals surface area contributed by atoms with E-state index in [-0.39, 0.29) is 24.0 Å². The Kier molecular flexibility index (Phi) is 7.48. The molecule has 1 fully saturated rings. The molecule has 1 aromatic rings. The second-order valence-corrected chi connectivity index (χ2v) is 5.65. The fourth-order valence-electron chi connectivity index (χ4n) is 2.94. The molecule has 5 nitrogen and oxygen atoms in total. The molecule has 0 aliphatic heterocycles. The zero-order chi connectivity index (χ0) is 14.5. The lowest BCUT2D eigenvalue weighted by molar-refractivity contribution is 0.613. The van der Waals surface area contributed by atoms with Crippen molar-refractivity contribution in [2.75, 3.05) is 13.6 Å². The van der Waals surface area contributed by atoms with Crippen molar-refractivity contribution in [3.63, 3.8) is 0 Å². The lowest BCUT2D eigenvalue weighted by Crippen LogP contribution is -2.43. The van der Waals surface area contributed by atoms with Gasteiger partial charge in [0.25, 0.3) is 0 Å². The Morgan fingerprint density at radius 1 is 1.33 bits per heavy atom. The first kappa shape index (κ1) is 18.3. The minimum Gasteiger partial charge on any atom is -0.356 e. The number of aliphatic imine (C=N–C) groups is 1. The van der Waals surface area contributed by atoms with E-state index in [1.54, 1.807) is 0 Å². The molecule has 6 heteroatoms. The number of hydrogen-bond acceptors (Lipinski definition) is 2. The van der Waals surface area contributed by atoms with E-state index >= 15 is 0 Å². The summed E-state index contributed by atoms with van der Waals surface area (Å²) in [5, 5.41) is 11.4. The number of halogens is 1. The monoisotopic (exact) mass is 405 g/mol. The second kappa shape index (κ2) is 8.60. The molecule has 1 saturated carbocycles. The number of rotatable bonds is 4. The van der Waals surface area contributed by atoms with E-state index in [0.717, 1.165) is 24.6 Å². The summed E-state index contributed by atoms with van der Waals surface area (Å²) in [5.41, 5.74) is 3.73. The van der Waals surface area contributed by atoms with Crippen LogP contribution in [0.3, 0.4) is 0 Å². The Morgan fingerprint density at radius 2 is 2.00 bits per heavy atom. The molecule has 0 unspecified atom stereocenters. The van der Waals surface area contributed by atoms with Gasteiger partial charge in [-0.2, -0.15) is 5.10 Å². The molecule has 1 aliphatic carbocycles. The fourth-order valence-corrected chi connectivity index (χ4v) is 2.94. The van der Waals surface area contributed by atoms with Crippen molar-refractivity contribution in [1.29, 1.82) is 0 Å². The molecule has 0 amide bonds. The van der Waals surface area contributed by atoms with Gasteiger partial charge in [0, 0.05) is 32.4 Å². The first-order valence-corrected chi connectivity index (χ1v) is 7.58. The molecule has 1 aromatic heterocycles. The highest BCUT2D eigenvalue weighted by atomic mass is 127. The molecule has 0 spiro atoms. The first-order chi connectivity index (χ1) is 9.61. The van der Waals surface area contributed by atoms with Gasteiger partial charge in [0.1, 0.15) is 0 Å². The van der Waals surface area contributed by atoms with Crippen LogP contribution in [0.2, 0.25) is 0 Å². The van der Waals surface area contributed by atoms with Crippen LogP contribution in [0, 0.1) is 13.8 Å². The van der Waals surface area contributed by atoms with E-state index in [2.05, 4.69) is 34.6 Å². The van der Waals surface area contributed by atoms with Gasteiger partial charge < -0.3 is 10.6 Å². The van der Waals surface area contributed by atoms with E-state index in [4.69, 9.17) is 0 Å². The zero-order valence-corrected chi connectivity index (χ0v) is 15.9. The number of nitrogens with one attached hydrogen (secondary N) is 2. The number of hydrogen-bond donors (Lipinski definition) is 2. The third kappa shape index (κ3) is 4.86. The van der Waals surface area contributed by atoms with Gasteiger partial charge in [0.2, 0.25) is 0 Å². The van der Waals surface area contributed by atoms with Crippen LogP contribution in [0.15, 0.2) is 4.99 Å². The van der Waals surface area contributed by atoms with Crippen molar-refractivity contribution in [1.82, 2.24) is 20.4 Å². The lowest BCUT2D eigenvalue weighted by Gasteiger charge is -2.16. The smallest absolute Gasteiger partial charge is 0.191 e. The highest BCUT2D eigenvalue weighted by molar-refractivity contribution is 14.0. The maximum atomic E-state index is 4.45. The molecule has 21 heavy (non-hydrogen) atoms. The third-order valence-electron chi connectivity index (χ3n) is 4.25. The molecule has 0 aromatic carbocycles. The Morgan fingerprint density at radius 3 is 2.52 bits per heavy atom. The molecular weight excluding hydrogens is 377 g/mol. The van der Waals surface area contributed by atoms with Gasteiger partial charge in [-0.15, -0.1) is 24.0 Å². The van der Waals surface area contributed by atoms with Crippen LogP contribution in [0.1, 0.15) is 42.6 Å². The molecule has 0 saturated heterocycles. The van der Waals surface area contributed by atoms with Crippen molar-refractivity contribution in [3.05, 3.63) is 17.0 Å². The molecule has 0 radical (unpaired) electrons. The number of aromatic nitrogens is 2. The summed E-state index contributed by atoms with van der Waals surface area (Å²) in [6, 6.07) is 0.600. The first-order valence-electron chi connectivity index (χ1n) is 7.58. The van der Waals surface area contributed by atoms with E-state index in [0.29, 0.717) is 6.04 Å². The Balaban J connectivity index is 0.00000220. The van der Waals surface area contributed by atoms with Crippen molar-refractivity contribution in [2.45, 2.75) is 52.0 Å². The van der Waals surface area contributed by atoms with Gasteiger partial charge >= 0.3 is 0 Å². The van der Waals surface area contributed by atoms with Gasteiger partial charge in [-0.25, -0.2) is 0 Å². The van der Waals surface area contributed by atoms with Gasteiger partial charge in [0.15, 0.2) is 5.96 Å². The molecule has 2 rings (SSSR count). The molecule has 1 aliphatic rings. The van der Waals surface area contributed by atoms with Crippen LogP contribution >= 0.6 is 24.0 Å². The Bertz CT molecular complexity index is 475. The molecule has 120 valence electrons. The summed E-state index contributed by atoms with van der Waals surface area (Å²) in [5.74, 6) is 0.927. The van der Waals surface area contributed by atoms with E-state index in [1.165, 1.54) is 36.9 Å². The maximum Gasteiger partial charge on any atom is 0.191 e. The predicted molar refractivity (Wildman–Crippen MR) is 98.6 cm³/mol. The van der Waals surface area contributed by atoms with Gasteiger partial charge in [-0.3, -0.25) is 9.67 Å². The minimum atomic E-state index is 0. The second-order valence-electron chi connectivity index (χ2n) is 5.65. The van der Waals surface area contributed by atoms with Crippen molar-refractivity contribution < 1.29 is 0 Å². The molecule has 1 heterocycles. The number of guanidine groups is 1. The Hall–Kier alpha value is -0.790. The van der Waals surface area contributed by atoms with Gasteiger partial charge in [0.05, 0.1) is 5.69 Å². The standard InChI is InChI=1S/C15H27N5.HI/c1-11-14(12(2)20(4)19-11)9-10-17-15(16-3)18-13-7-5-6-8-13;/h13H,5-10H2,1-4H3,(H2,16,17,18);1H. The average molecular weight is 405 g/mol. The topological polar surface area (TPSA) is 54.2 Å². The summed E-state index contributed by atoms with van der Waals surface area (Å²) in [4.78, 5) is 4.31. The van der Waals surface area contributed by atoms with Crippen LogP contribution in [0.25, 0.3) is 0 Å². The highest BCUT2D eigenvalue weighted by Crippen LogP contribution is 2.17. The Labute approximate surface area is 145 Å². The summed E-state index contributed by atoms with van der Waals surface area (Å²) < 4.78 is 1.95. The van der Waals surface area contributed by atoms with Crippen molar-refractivity contribution in [3.8, 4) is 0 Å². The maximum absolute atomic E-state index is 4.45. The predicted octanol–water partition coefficient (Wildman–Crippen LogP) is 2.31. The van der Waals surface area contributed by atoms with E-state index in [1.807, 2.05) is 18.8 Å². The molecule has 0 atom stereocenters. The fraction of sp³-hybridized carbons (Fsp3) is 0.733. The summed E-state index contributed by atoms with van der Waals surface area (Å²) in [6.45, 7) is 5.09. The van der Waals surface area contributed by atoms with Crippen molar-refractivity contribution >= 4 is 29.9 Å². The highest BCUT2D eigenvalue weighted by Gasteiger charge is 2.16. The summed E-state index contributed by atoms with van der Waals surface area (Å²) >= 11 is 0. The van der Waals surface area contributed by atoms with Gasteiger partial charge in [-0.1, -0.05) is 12.8 Å². The van der Waals surface area contributed by atoms with Crippen LogP contribution in [-0.4, -0.2) is 35.4 Å². The van der Waals surface area contributed by atoms with Crippen LogP contribution in [0.5, 0.6) is 0 Å². The number of nitrogens with zero attached hydrogens (tertiary/aromatic N) is 3. The zero-order valence-electron chi connectivity index (χ0n) is 13.6. The quantitative estimate of drug-likeness (QED) is 0.459. The normalized spacial score (nSPS) is 15.9. The van der Waals surface area contributed by atoms with Crippen LogP contribution in [0.4, 0.5) is 0 Å². The molecule has 0 bridgehead atoms. The summed E-state index contributed by atoms with van der Waals surface area (Å²) in [6.07, 6.45) is 6.19. The number of aryl methyl sites for hydroxylation is 2. The SMILES string of the molecule is CN=C(NCCc1c(C)nn(C)c1C)NC1CCCC1.I. The van der Waals surface area contributed by atoms with Crippen molar-refractivity contribution in [2.24, 2.45) is 12.0 Å². The summed E-state index contributed by atoms with van der Waals surface area (Å²) in [7, 11) is 3.84. The van der Waals surface area contributed by atoms with E-state index < -0.39 is 0 Å². The lowest BCUT2D eigenvalue weighted by atomic mass is 10.1. The van der Waals surface area contributed by atoms with Crippen LogP contribution < -0.4 is 10.6 Å². The third-order valence-corrected chi connectivity index (χ3v) is 4.25. The largest absolute Gasteiger partial charge is 0.356 e. The molecule has 2 N–H and O–H groups in total. The van der Waals surface area contributed by atoms with E-state index in [9.17, 15) is 0 Å². The van der Waals surface area contributed by atoms with Crippen LogP contribution in [-0.2, 0) is 13.5 Å². The minimum absolute atomic E-state index is 0. The molecular formula is C15H28IN5. The van der Waals surface area contributed by atoms with Gasteiger partial charge in [-0.05, 0) is 38.7 Å².